The zero-order valence-electron chi connectivity index (χ0n) is 8.22. The molecule has 2 aromatic rings. The first-order valence-electron chi connectivity index (χ1n) is 5.11. The number of hydrogen-bond acceptors (Lipinski definition) is 3. The van der Waals surface area contributed by atoms with Crippen LogP contribution in [0.3, 0.4) is 0 Å². The third-order valence-corrected chi connectivity index (χ3v) is 2.79. The number of aromatic nitrogens is 3. The summed E-state index contributed by atoms with van der Waals surface area (Å²) in [5.74, 6) is 0.764. The standard InChI is InChI=1S/C11H10N4/c12-6-9-2-1-3-10-11(9)13-14-15(10)7-8-4-5-8/h1-3,8H,4-5,7H2. The van der Waals surface area contributed by atoms with E-state index in [1.54, 1.807) is 6.07 Å². The highest BCUT2D eigenvalue weighted by Gasteiger charge is 2.23. The Labute approximate surface area is 87.1 Å². The summed E-state index contributed by atoms with van der Waals surface area (Å²) in [5.41, 5.74) is 2.30. The van der Waals surface area contributed by atoms with Gasteiger partial charge >= 0.3 is 0 Å². The SMILES string of the molecule is N#Cc1cccc2c1nnn2CC1CC1. The Balaban J connectivity index is 2.13. The fourth-order valence-corrected chi connectivity index (χ4v) is 1.76. The summed E-state index contributed by atoms with van der Waals surface area (Å²) in [4.78, 5) is 0. The van der Waals surface area contributed by atoms with Crippen LogP contribution in [0, 0.1) is 17.2 Å². The van der Waals surface area contributed by atoms with Crippen molar-refractivity contribution in [3.05, 3.63) is 23.8 Å². The predicted molar refractivity (Wildman–Crippen MR) is 55.0 cm³/mol. The first-order valence-corrected chi connectivity index (χ1v) is 5.11. The van der Waals surface area contributed by atoms with Gasteiger partial charge in [0.15, 0.2) is 0 Å². The molecule has 0 bridgehead atoms. The fourth-order valence-electron chi connectivity index (χ4n) is 1.76. The highest BCUT2D eigenvalue weighted by Crippen LogP contribution is 2.31. The van der Waals surface area contributed by atoms with Gasteiger partial charge in [-0.1, -0.05) is 11.3 Å². The van der Waals surface area contributed by atoms with Gasteiger partial charge in [-0.25, -0.2) is 4.68 Å². The molecule has 0 unspecified atom stereocenters. The number of fused-ring (bicyclic) bond motifs is 1. The minimum absolute atomic E-state index is 0.606. The molecule has 4 nitrogen and oxygen atoms in total. The molecule has 0 radical (unpaired) electrons. The van der Waals surface area contributed by atoms with Crippen LogP contribution in [0.4, 0.5) is 0 Å². The van der Waals surface area contributed by atoms with E-state index in [1.807, 2.05) is 16.8 Å². The molecule has 1 aliphatic carbocycles. The van der Waals surface area contributed by atoms with Gasteiger partial charge in [0.1, 0.15) is 11.6 Å². The summed E-state index contributed by atoms with van der Waals surface area (Å²) in [6.07, 6.45) is 2.58. The molecule has 74 valence electrons. The van der Waals surface area contributed by atoms with Gasteiger partial charge in [-0.3, -0.25) is 0 Å². The summed E-state index contributed by atoms with van der Waals surface area (Å²) in [5, 5.41) is 17.1. The molecule has 0 amide bonds. The van der Waals surface area contributed by atoms with E-state index in [9.17, 15) is 0 Å². The molecule has 3 rings (SSSR count). The van der Waals surface area contributed by atoms with Crippen LogP contribution in [-0.4, -0.2) is 15.0 Å². The van der Waals surface area contributed by atoms with E-state index in [0.717, 1.165) is 23.5 Å². The summed E-state index contributed by atoms with van der Waals surface area (Å²) in [7, 11) is 0. The summed E-state index contributed by atoms with van der Waals surface area (Å²) < 4.78 is 1.91. The minimum atomic E-state index is 0.606. The van der Waals surface area contributed by atoms with Crippen LogP contribution in [0.1, 0.15) is 18.4 Å². The molecule has 0 saturated heterocycles. The second-order valence-corrected chi connectivity index (χ2v) is 4.00. The van der Waals surface area contributed by atoms with Crippen LogP contribution in [0.2, 0.25) is 0 Å². The lowest BCUT2D eigenvalue weighted by molar-refractivity contribution is 0.559. The first-order chi connectivity index (χ1) is 7.38. The molecular formula is C11H10N4. The molecule has 1 heterocycles. The average molecular weight is 198 g/mol. The maximum Gasteiger partial charge on any atom is 0.130 e. The highest BCUT2D eigenvalue weighted by atomic mass is 15.4. The van der Waals surface area contributed by atoms with Gasteiger partial charge in [-0.05, 0) is 30.9 Å². The van der Waals surface area contributed by atoms with E-state index >= 15 is 0 Å². The maximum absolute atomic E-state index is 8.91. The van der Waals surface area contributed by atoms with Gasteiger partial charge in [0.05, 0.1) is 11.1 Å². The molecule has 0 atom stereocenters. The lowest BCUT2D eigenvalue weighted by Crippen LogP contribution is -2.01. The van der Waals surface area contributed by atoms with Crippen LogP contribution in [-0.2, 0) is 6.54 Å². The Morgan fingerprint density at radius 2 is 2.33 bits per heavy atom. The van der Waals surface area contributed by atoms with Gasteiger partial charge in [0.25, 0.3) is 0 Å². The molecule has 0 N–H and O–H groups in total. The third-order valence-electron chi connectivity index (χ3n) is 2.79. The molecule has 1 aromatic carbocycles. The molecule has 0 aliphatic heterocycles. The lowest BCUT2D eigenvalue weighted by atomic mass is 10.2. The van der Waals surface area contributed by atoms with Crippen molar-refractivity contribution in [2.75, 3.05) is 0 Å². The van der Waals surface area contributed by atoms with Crippen LogP contribution < -0.4 is 0 Å². The van der Waals surface area contributed by atoms with Gasteiger partial charge in [0, 0.05) is 6.54 Å². The highest BCUT2D eigenvalue weighted by molar-refractivity contribution is 5.80. The topological polar surface area (TPSA) is 54.5 Å². The van der Waals surface area contributed by atoms with Crippen molar-refractivity contribution in [2.45, 2.75) is 19.4 Å². The van der Waals surface area contributed by atoms with E-state index in [4.69, 9.17) is 5.26 Å². The third kappa shape index (κ3) is 1.37. The van der Waals surface area contributed by atoms with Gasteiger partial charge in [0.2, 0.25) is 0 Å². The quantitative estimate of drug-likeness (QED) is 0.738. The maximum atomic E-state index is 8.91. The van der Waals surface area contributed by atoms with Crippen molar-refractivity contribution >= 4 is 11.0 Å². The average Bonchev–Trinajstić information content (AvgIpc) is 2.99. The number of nitrogens with zero attached hydrogens (tertiary/aromatic N) is 4. The smallest absolute Gasteiger partial charge is 0.130 e. The number of hydrogen-bond donors (Lipinski definition) is 0. The van der Waals surface area contributed by atoms with Crippen molar-refractivity contribution < 1.29 is 0 Å². The van der Waals surface area contributed by atoms with E-state index in [0.29, 0.717) is 5.56 Å². The van der Waals surface area contributed by atoms with Crippen molar-refractivity contribution in [1.29, 1.82) is 5.26 Å². The van der Waals surface area contributed by atoms with E-state index in [1.165, 1.54) is 12.8 Å². The Morgan fingerprint density at radius 1 is 1.47 bits per heavy atom. The van der Waals surface area contributed by atoms with Crippen LogP contribution >= 0.6 is 0 Å². The molecule has 1 fully saturated rings. The Morgan fingerprint density at radius 3 is 3.07 bits per heavy atom. The predicted octanol–water partition coefficient (Wildman–Crippen LogP) is 1.71. The number of nitriles is 1. The second-order valence-electron chi connectivity index (χ2n) is 4.00. The lowest BCUT2D eigenvalue weighted by Gasteiger charge is -1.99. The van der Waals surface area contributed by atoms with E-state index < -0.39 is 0 Å². The van der Waals surface area contributed by atoms with Gasteiger partial charge in [-0.2, -0.15) is 5.26 Å². The van der Waals surface area contributed by atoms with Crippen LogP contribution in [0.15, 0.2) is 18.2 Å². The molecule has 15 heavy (non-hydrogen) atoms. The van der Waals surface area contributed by atoms with Crippen molar-refractivity contribution in [3.8, 4) is 6.07 Å². The molecular weight excluding hydrogens is 188 g/mol. The van der Waals surface area contributed by atoms with E-state index in [2.05, 4.69) is 16.4 Å². The summed E-state index contributed by atoms with van der Waals surface area (Å²) in [6.45, 7) is 0.936. The number of benzene rings is 1. The van der Waals surface area contributed by atoms with Gasteiger partial charge in [-0.15, -0.1) is 5.10 Å². The Bertz CT molecular complexity index is 545. The zero-order chi connectivity index (χ0) is 10.3. The Hall–Kier alpha value is -1.89. The van der Waals surface area contributed by atoms with Crippen molar-refractivity contribution in [2.24, 2.45) is 5.92 Å². The fraction of sp³-hybridized carbons (Fsp3) is 0.364. The van der Waals surface area contributed by atoms with Crippen molar-refractivity contribution in [3.63, 3.8) is 0 Å². The van der Waals surface area contributed by atoms with Crippen LogP contribution in [0.25, 0.3) is 11.0 Å². The first kappa shape index (κ1) is 8.42. The van der Waals surface area contributed by atoms with Gasteiger partial charge < -0.3 is 0 Å². The summed E-state index contributed by atoms with van der Waals surface area (Å²) in [6, 6.07) is 7.77. The van der Waals surface area contributed by atoms with E-state index in [-0.39, 0.29) is 0 Å². The molecule has 1 saturated carbocycles. The normalized spacial score (nSPS) is 15.4. The molecule has 0 spiro atoms. The zero-order valence-corrected chi connectivity index (χ0v) is 8.22. The minimum Gasteiger partial charge on any atom is -0.244 e. The Kier molecular flexibility index (Phi) is 1.72. The molecule has 1 aliphatic rings. The van der Waals surface area contributed by atoms with Crippen molar-refractivity contribution in [1.82, 2.24) is 15.0 Å². The molecule has 1 aromatic heterocycles. The molecule has 4 heteroatoms. The summed E-state index contributed by atoms with van der Waals surface area (Å²) >= 11 is 0. The largest absolute Gasteiger partial charge is 0.244 e. The second kappa shape index (κ2) is 3.06. The monoisotopic (exact) mass is 198 g/mol. The van der Waals surface area contributed by atoms with Crippen LogP contribution in [0.5, 0.6) is 0 Å². The number of rotatable bonds is 2.